The maximum absolute atomic E-state index is 11.3. The number of nitrogens with two attached hydrogens (primary N) is 2. The first-order chi connectivity index (χ1) is 3.98. The summed E-state index contributed by atoms with van der Waals surface area (Å²) >= 11 is 0. The smallest absolute Gasteiger partial charge is 0.380 e. The molecule has 0 fully saturated rings. The molecule has 0 spiro atoms. The maximum atomic E-state index is 11.3. The maximum Gasteiger partial charge on any atom is 0.448 e. The molecule has 0 aromatic heterocycles. The molecular weight excluding hydrogens is 135 g/mol. The Morgan fingerprint density at radius 2 is 1.89 bits per heavy atom. The van der Waals surface area contributed by atoms with E-state index in [1.807, 2.05) is 0 Å². The zero-order valence-electron chi connectivity index (χ0n) is 4.44. The van der Waals surface area contributed by atoms with Crippen LogP contribution in [0.25, 0.3) is 0 Å². The van der Waals surface area contributed by atoms with Crippen molar-refractivity contribution in [2.45, 2.75) is 6.18 Å². The summed E-state index contributed by atoms with van der Waals surface area (Å²) in [5, 5.41) is 0. The zero-order valence-corrected chi connectivity index (χ0v) is 4.44. The van der Waals surface area contributed by atoms with Crippen molar-refractivity contribution in [3.8, 4) is 0 Å². The van der Waals surface area contributed by atoms with E-state index in [1.54, 1.807) is 0 Å². The van der Waals surface area contributed by atoms with Crippen molar-refractivity contribution in [1.29, 1.82) is 0 Å². The molecule has 0 heterocycles. The lowest BCUT2D eigenvalue weighted by molar-refractivity contribution is -0.0600. The van der Waals surface area contributed by atoms with E-state index >= 15 is 0 Å². The molecule has 54 valence electrons. The van der Waals surface area contributed by atoms with E-state index in [4.69, 9.17) is 0 Å². The van der Waals surface area contributed by atoms with Gasteiger partial charge in [-0.25, -0.2) is 4.99 Å². The molecule has 0 unspecified atom stereocenters. The normalized spacial score (nSPS) is 14.0. The summed E-state index contributed by atoms with van der Waals surface area (Å²) in [5.74, 6) is -1.38. The Morgan fingerprint density at radius 1 is 1.44 bits per heavy atom. The third-order valence-corrected chi connectivity index (χ3v) is 0.552. The first-order valence-electron chi connectivity index (χ1n) is 2.05. The van der Waals surface area contributed by atoms with Crippen LogP contribution in [0.3, 0.4) is 0 Å². The van der Waals surface area contributed by atoms with Gasteiger partial charge in [-0.3, -0.25) is 0 Å². The van der Waals surface area contributed by atoms with Gasteiger partial charge in [0.15, 0.2) is 0 Å². The highest BCUT2D eigenvalue weighted by Crippen LogP contribution is 2.13. The third-order valence-electron chi connectivity index (χ3n) is 0.552. The number of hydrogen-bond acceptors (Lipinski definition) is 2. The topological polar surface area (TPSA) is 64.4 Å². The van der Waals surface area contributed by atoms with Crippen LogP contribution in [0.4, 0.5) is 13.2 Å². The lowest BCUT2D eigenvalue weighted by atomic mass is 10.6. The number of rotatable bonds is 1. The molecule has 0 aromatic carbocycles. The van der Waals surface area contributed by atoms with Gasteiger partial charge in [-0.15, -0.1) is 0 Å². The molecule has 0 saturated heterocycles. The third kappa shape index (κ3) is 2.91. The van der Waals surface area contributed by atoms with Crippen molar-refractivity contribution in [2.24, 2.45) is 16.5 Å². The van der Waals surface area contributed by atoms with E-state index in [0.29, 0.717) is 0 Å². The quantitative estimate of drug-likeness (QED) is 0.393. The minimum absolute atomic E-state index is 0.439. The van der Waals surface area contributed by atoms with E-state index < -0.39 is 18.7 Å². The Bertz CT molecular complexity index is 116. The molecule has 0 radical (unpaired) electrons. The minimum atomic E-state index is -4.54. The second-order valence-electron chi connectivity index (χ2n) is 1.22. The molecule has 0 atom stereocenters. The number of nitrogens with zero attached hydrogens (tertiary/aromatic N) is 1. The zero-order chi connectivity index (χ0) is 7.49. The highest BCUT2D eigenvalue weighted by atomic mass is 19.4. The van der Waals surface area contributed by atoms with Gasteiger partial charge in [-0.2, -0.15) is 13.2 Å². The largest absolute Gasteiger partial charge is 0.448 e. The minimum Gasteiger partial charge on any atom is -0.380 e. The van der Waals surface area contributed by atoms with Gasteiger partial charge in [0, 0.05) is 0 Å². The molecule has 0 saturated carbocycles. The van der Waals surface area contributed by atoms with Crippen molar-refractivity contribution in [2.75, 3.05) is 6.67 Å². The van der Waals surface area contributed by atoms with E-state index in [1.165, 1.54) is 0 Å². The van der Waals surface area contributed by atoms with Crippen LogP contribution in [-0.2, 0) is 0 Å². The summed E-state index contributed by atoms with van der Waals surface area (Å²) in [5.41, 5.74) is 9.06. The van der Waals surface area contributed by atoms with Gasteiger partial charge >= 0.3 is 6.18 Å². The fraction of sp³-hybridized carbons (Fsp3) is 0.667. The van der Waals surface area contributed by atoms with E-state index in [0.717, 1.165) is 0 Å². The summed E-state index contributed by atoms with van der Waals surface area (Å²) in [6.07, 6.45) is -4.54. The van der Waals surface area contributed by atoms with Crippen LogP contribution in [0, 0.1) is 0 Å². The average Bonchev–Trinajstić information content (AvgIpc) is 1.64. The van der Waals surface area contributed by atoms with Gasteiger partial charge < -0.3 is 11.5 Å². The van der Waals surface area contributed by atoms with Gasteiger partial charge in [0.25, 0.3) is 0 Å². The molecule has 0 aliphatic rings. The Kier molecular flexibility index (Phi) is 2.44. The Morgan fingerprint density at radius 3 is 2.00 bits per heavy atom. The van der Waals surface area contributed by atoms with E-state index in [-0.39, 0.29) is 0 Å². The van der Waals surface area contributed by atoms with Gasteiger partial charge in [-0.1, -0.05) is 0 Å². The molecule has 6 heteroatoms. The predicted molar refractivity (Wildman–Crippen MR) is 26.7 cm³/mol. The molecule has 0 amide bonds. The number of halogens is 3. The molecule has 0 aliphatic heterocycles. The second-order valence-corrected chi connectivity index (χ2v) is 1.22. The number of hydrogen-bond donors (Lipinski definition) is 2. The van der Waals surface area contributed by atoms with Crippen LogP contribution in [0.15, 0.2) is 4.99 Å². The SMILES string of the molecule is NCN=C(N)C(F)(F)F. The van der Waals surface area contributed by atoms with Crippen LogP contribution in [0.5, 0.6) is 0 Å². The Hall–Kier alpha value is -0.780. The van der Waals surface area contributed by atoms with Crippen LogP contribution in [-0.4, -0.2) is 18.7 Å². The van der Waals surface area contributed by atoms with Crippen LogP contribution >= 0.6 is 0 Å². The predicted octanol–water partition coefficient (Wildman–Crippen LogP) is -0.178. The lowest BCUT2D eigenvalue weighted by Gasteiger charge is -2.02. The molecule has 9 heavy (non-hydrogen) atoms. The van der Waals surface area contributed by atoms with Crippen molar-refractivity contribution in [3.05, 3.63) is 0 Å². The summed E-state index contributed by atoms with van der Waals surface area (Å²) < 4.78 is 34.0. The average molecular weight is 141 g/mol. The molecule has 0 bridgehead atoms. The fourth-order valence-electron chi connectivity index (χ4n) is 0.188. The summed E-state index contributed by atoms with van der Waals surface area (Å²) in [6.45, 7) is -0.439. The van der Waals surface area contributed by atoms with Gasteiger partial charge in [-0.05, 0) is 0 Å². The van der Waals surface area contributed by atoms with Gasteiger partial charge in [0.05, 0.1) is 6.67 Å². The van der Waals surface area contributed by atoms with Crippen molar-refractivity contribution >= 4 is 5.84 Å². The van der Waals surface area contributed by atoms with Gasteiger partial charge in [0.2, 0.25) is 5.84 Å². The Balaban J connectivity index is 4.03. The van der Waals surface area contributed by atoms with Crippen LogP contribution in [0.2, 0.25) is 0 Å². The number of aliphatic imine (C=N–C) groups is 1. The number of alkyl halides is 3. The Labute approximate surface area is 49.5 Å². The monoisotopic (exact) mass is 141 g/mol. The first-order valence-corrected chi connectivity index (χ1v) is 2.05. The summed E-state index contributed by atoms with van der Waals surface area (Å²) in [7, 11) is 0. The highest BCUT2D eigenvalue weighted by Gasteiger charge is 2.32. The van der Waals surface area contributed by atoms with Crippen LogP contribution < -0.4 is 11.5 Å². The molecule has 4 N–H and O–H groups in total. The standard InChI is InChI=1S/C3H6F3N3/c4-3(5,6)2(8)9-1-7/h1,7H2,(H2,8,9). The molecule has 3 nitrogen and oxygen atoms in total. The van der Waals surface area contributed by atoms with Crippen molar-refractivity contribution in [3.63, 3.8) is 0 Å². The molecule has 0 aliphatic carbocycles. The molecule has 0 rings (SSSR count). The van der Waals surface area contributed by atoms with E-state index in [2.05, 4.69) is 16.5 Å². The van der Waals surface area contributed by atoms with E-state index in [9.17, 15) is 13.2 Å². The molecular formula is C3H6F3N3. The van der Waals surface area contributed by atoms with Crippen molar-refractivity contribution < 1.29 is 13.2 Å². The highest BCUT2D eigenvalue weighted by molar-refractivity contribution is 5.85. The fourth-order valence-corrected chi connectivity index (χ4v) is 0.188. The van der Waals surface area contributed by atoms with Crippen molar-refractivity contribution in [1.82, 2.24) is 0 Å². The lowest BCUT2D eigenvalue weighted by Crippen LogP contribution is -2.32. The summed E-state index contributed by atoms with van der Waals surface area (Å²) in [4.78, 5) is 2.74. The first kappa shape index (κ1) is 8.22. The van der Waals surface area contributed by atoms with Crippen LogP contribution in [0.1, 0.15) is 0 Å². The second kappa shape index (κ2) is 2.67. The summed E-state index contributed by atoms with van der Waals surface area (Å²) in [6, 6.07) is 0. The molecule has 0 aromatic rings. The number of amidine groups is 1. The van der Waals surface area contributed by atoms with Gasteiger partial charge in [0.1, 0.15) is 0 Å².